The molecule has 1 aromatic carbocycles. The fourth-order valence-electron chi connectivity index (χ4n) is 1.88. The van der Waals surface area contributed by atoms with Gasteiger partial charge in [-0.2, -0.15) is 0 Å². The van der Waals surface area contributed by atoms with Gasteiger partial charge in [0.05, 0.1) is 24.2 Å². The number of hydrogen-bond acceptors (Lipinski definition) is 3. The van der Waals surface area contributed by atoms with Gasteiger partial charge >= 0.3 is 12.0 Å². The average molecular weight is 322 g/mol. The van der Waals surface area contributed by atoms with E-state index in [-0.39, 0.29) is 16.6 Å². The van der Waals surface area contributed by atoms with E-state index in [1.54, 1.807) is 19.3 Å². The molecule has 116 valence electrons. The molecule has 2 N–H and O–H groups in total. The Morgan fingerprint density at radius 2 is 2.14 bits per heavy atom. The zero-order chi connectivity index (χ0) is 16.1. The second-order valence-corrected chi connectivity index (χ2v) is 5.07. The van der Waals surface area contributed by atoms with Crippen molar-refractivity contribution < 1.29 is 14.3 Å². The zero-order valence-electron chi connectivity index (χ0n) is 12.2. The summed E-state index contributed by atoms with van der Waals surface area (Å²) >= 11 is 6.01. The van der Waals surface area contributed by atoms with E-state index in [0.717, 1.165) is 5.69 Å². The van der Waals surface area contributed by atoms with Crippen molar-refractivity contribution in [2.24, 2.45) is 0 Å². The highest BCUT2D eigenvalue weighted by Gasteiger charge is 2.13. The summed E-state index contributed by atoms with van der Waals surface area (Å²) in [7, 11) is 2.96. The Morgan fingerprint density at radius 3 is 2.73 bits per heavy atom. The number of aromatic nitrogens is 1. The molecule has 0 atom stereocenters. The summed E-state index contributed by atoms with van der Waals surface area (Å²) in [6.45, 7) is 0.451. The Labute approximate surface area is 133 Å². The van der Waals surface area contributed by atoms with Crippen LogP contribution in [0.1, 0.15) is 16.1 Å². The number of nitrogens with zero attached hydrogens (tertiary/aromatic N) is 1. The first-order valence-corrected chi connectivity index (χ1v) is 6.91. The predicted molar refractivity (Wildman–Crippen MR) is 84.1 cm³/mol. The second-order valence-electron chi connectivity index (χ2n) is 4.67. The van der Waals surface area contributed by atoms with Crippen LogP contribution in [0.15, 0.2) is 36.5 Å². The number of carbonyl (C=O) groups excluding carboxylic acids is 2. The molecule has 6 nitrogen and oxygen atoms in total. The van der Waals surface area contributed by atoms with Crippen molar-refractivity contribution in [3.8, 4) is 0 Å². The number of benzene rings is 1. The molecule has 1 heterocycles. The van der Waals surface area contributed by atoms with Gasteiger partial charge in [-0.25, -0.2) is 9.59 Å². The molecule has 0 saturated heterocycles. The highest BCUT2D eigenvalue weighted by atomic mass is 35.5. The molecule has 7 heteroatoms. The van der Waals surface area contributed by atoms with E-state index in [9.17, 15) is 9.59 Å². The number of carbonyl (C=O) groups is 2. The molecule has 0 spiro atoms. The smallest absolute Gasteiger partial charge is 0.339 e. The molecule has 1 aromatic heterocycles. The summed E-state index contributed by atoms with van der Waals surface area (Å²) in [5, 5.41) is 2.93. The minimum absolute atomic E-state index is 0.219. The van der Waals surface area contributed by atoms with Crippen molar-refractivity contribution in [1.29, 1.82) is 0 Å². The molecule has 2 amide bonds. The van der Waals surface area contributed by atoms with Crippen molar-refractivity contribution in [3.63, 3.8) is 0 Å². The third kappa shape index (κ3) is 3.79. The molecule has 0 aliphatic rings. The number of H-pyrrole nitrogens is 1. The third-order valence-electron chi connectivity index (χ3n) is 3.04. The van der Waals surface area contributed by atoms with Crippen LogP contribution in [0.3, 0.4) is 0 Å². The molecule has 2 rings (SSSR count). The van der Waals surface area contributed by atoms with Crippen LogP contribution in [0.2, 0.25) is 5.02 Å². The quantitative estimate of drug-likeness (QED) is 0.850. The van der Waals surface area contributed by atoms with Gasteiger partial charge in [-0.05, 0) is 30.3 Å². The van der Waals surface area contributed by atoms with E-state index in [1.807, 2.05) is 12.1 Å². The number of rotatable bonds is 4. The van der Waals surface area contributed by atoms with E-state index >= 15 is 0 Å². The van der Waals surface area contributed by atoms with Crippen molar-refractivity contribution >= 4 is 29.3 Å². The molecular weight excluding hydrogens is 306 g/mol. The Bertz CT molecular complexity index is 671. The number of esters is 1. The van der Waals surface area contributed by atoms with E-state index in [2.05, 4.69) is 15.0 Å². The molecule has 0 saturated carbocycles. The number of nitrogens with one attached hydrogen (secondary N) is 2. The lowest BCUT2D eigenvalue weighted by molar-refractivity contribution is 0.0601. The first kappa shape index (κ1) is 15.9. The van der Waals surface area contributed by atoms with Crippen LogP contribution in [-0.2, 0) is 11.3 Å². The van der Waals surface area contributed by atoms with Gasteiger partial charge in [0.1, 0.15) is 0 Å². The maximum atomic E-state index is 12.1. The highest BCUT2D eigenvalue weighted by Crippen LogP contribution is 2.22. The lowest BCUT2D eigenvalue weighted by Gasteiger charge is -2.17. The molecule has 0 unspecified atom stereocenters. The van der Waals surface area contributed by atoms with E-state index in [4.69, 9.17) is 11.6 Å². The van der Waals surface area contributed by atoms with Gasteiger partial charge in [0.15, 0.2) is 0 Å². The first-order valence-electron chi connectivity index (χ1n) is 6.53. The van der Waals surface area contributed by atoms with Crippen LogP contribution < -0.4 is 5.32 Å². The van der Waals surface area contributed by atoms with Crippen molar-refractivity contribution in [3.05, 3.63) is 52.8 Å². The number of anilines is 1. The van der Waals surface area contributed by atoms with E-state index in [0.29, 0.717) is 12.2 Å². The van der Waals surface area contributed by atoms with Crippen molar-refractivity contribution in [1.82, 2.24) is 9.88 Å². The average Bonchev–Trinajstić information content (AvgIpc) is 2.99. The summed E-state index contributed by atoms with van der Waals surface area (Å²) in [4.78, 5) is 28.1. The Morgan fingerprint density at radius 1 is 1.36 bits per heavy atom. The molecule has 22 heavy (non-hydrogen) atoms. The number of urea groups is 1. The van der Waals surface area contributed by atoms with Crippen molar-refractivity contribution in [2.75, 3.05) is 19.5 Å². The minimum atomic E-state index is -0.522. The SMILES string of the molecule is COC(=O)c1ccc(NC(=O)N(C)Cc2ccc[nH]2)cc1Cl. The molecule has 0 bridgehead atoms. The Hall–Kier alpha value is -2.47. The third-order valence-corrected chi connectivity index (χ3v) is 3.35. The Balaban J connectivity index is 2.02. The zero-order valence-corrected chi connectivity index (χ0v) is 13.0. The van der Waals surface area contributed by atoms with Crippen LogP contribution in [0.4, 0.5) is 10.5 Å². The van der Waals surface area contributed by atoms with Crippen LogP contribution in [0.5, 0.6) is 0 Å². The predicted octanol–water partition coefficient (Wildman–Crippen LogP) is 3.12. The van der Waals surface area contributed by atoms with Gasteiger partial charge in [0.2, 0.25) is 0 Å². The fraction of sp³-hybridized carbons (Fsp3) is 0.200. The number of ether oxygens (including phenoxy) is 1. The second kappa shape index (κ2) is 7.00. The van der Waals surface area contributed by atoms with Gasteiger partial charge < -0.3 is 19.9 Å². The topological polar surface area (TPSA) is 74.4 Å². The van der Waals surface area contributed by atoms with Gasteiger partial charge in [0, 0.05) is 24.6 Å². The minimum Gasteiger partial charge on any atom is -0.465 e. The largest absolute Gasteiger partial charge is 0.465 e. The molecule has 0 aliphatic carbocycles. The number of aromatic amines is 1. The van der Waals surface area contributed by atoms with Crippen LogP contribution in [-0.4, -0.2) is 36.0 Å². The molecule has 0 aliphatic heterocycles. The number of amides is 2. The van der Waals surface area contributed by atoms with Gasteiger partial charge in [-0.3, -0.25) is 0 Å². The summed E-state index contributed by atoms with van der Waals surface area (Å²) in [5.74, 6) is -0.522. The lowest BCUT2D eigenvalue weighted by Crippen LogP contribution is -2.30. The van der Waals surface area contributed by atoms with Gasteiger partial charge in [-0.1, -0.05) is 11.6 Å². The standard InChI is InChI=1S/C15H16ClN3O3/c1-19(9-11-4-3-7-17-11)15(21)18-10-5-6-12(13(16)8-10)14(20)22-2/h3-8,17H,9H2,1-2H3,(H,18,21). The fourth-order valence-corrected chi connectivity index (χ4v) is 2.14. The summed E-state index contributed by atoms with van der Waals surface area (Å²) in [6, 6.07) is 8.09. The maximum Gasteiger partial charge on any atom is 0.339 e. The highest BCUT2D eigenvalue weighted by molar-refractivity contribution is 6.33. The number of halogens is 1. The summed E-state index contributed by atoms with van der Waals surface area (Å²) in [5.41, 5.74) is 1.68. The first-order chi connectivity index (χ1) is 10.5. The number of hydrogen-bond donors (Lipinski definition) is 2. The van der Waals surface area contributed by atoms with Gasteiger partial charge in [0.25, 0.3) is 0 Å². The van der Waals surface area contributed by atoms with E-state index in [1.165, 1.54) is 24.1 Å². The molecular formula is C15H16ClN3O3. The summed E-state index contributed by atoms with van der Waals surface area (Å²) in [6.07, 6.45) is 1.80. The van der Waals surface area contributed by atoms with Gasteiger partial charge in [-0.15, -0.1) is 0 Å². The lowest BCUT2D eigenvalue weighted by atomic mass is 10.2. The van der Waals surface area contributed by atoms with Crippen molar-refractivity contribution in [2.45, 2.75) is 6.54 Å². The normalized spacial score (nSPS) is 10.1. The van der Waals surface area contributed by atoms with Crippen LogP contribution >= 0.6 is 11.6 Å². The van der Waals surface area contributed by atoms with E-state index < -0.39 is 5.97 Å². The van der Waals surface area contributed by atoms with Crippen LogP contribution in [0.25, 0.3) is 0 Å². The molecule has 2 aromatic rings. The molecule has 0 radical (unpaired) electrons. The number of methoxy groups -OCH3 is 1. The molecule has 0 fully saturated rings. The Kier molecular flexibility index (Phi) is 5.06. The van der Waals surface area contributed by atoms with Crippen LogP contribution in [0, 0.1) is 0 Å². The summed E-state index contributed by atoms with van der Waals surface area (Å²) < 4.78 is 4.61. The monoisotopic (exact) mass is 321 g/mol. The maximum absolute atomic E-state index is 12.1.